The highest BCUT2D eigenvalue weighted by Gasteiger charge is 2.25. The van der Waals surface area contributed by atoms with E-state index in [2.05, 4.69) is 27.8 Å². The minimum Gasteiger partial charge on any atom is -0.369 e. The molecule has 1 fully saturated rings. The van der Waals surface area contributed by atoms with E-state index < -0.39 is 0 Å². The first-order chi connectivity index (χ1) is 7.83. The van der Waals surface area contributed by atoms with E-state index in [1.165, 1.54) is 10.1 Å². The number of nitrogens with one attached hydrogen (secondary N) is 1. The van der Waals surface area contributed by atoms with E-state index in [0.29, 0.717) is 6.04 Å². The molecule has 4 heteroatoms. The van der Waals surface area contributed by atoms with Crippen molar-refractivity contribution in [2.45, 2.75) is 18.9 Å². The summed E-state index contributed by atoms with van der Waals surface area (Å²) < 4.78 is 1.29. The van der Waals surface area contributed by atoms with Gasteiger partial charge in [-0.15, -0.1) is 11.3 Å². The minimum absolute atomic E-state index is 0.427. The number of rotatable bonds is 3. The largest absolute Gasteiger partial charge is 0.369 e. The Hall–Kier alpha value is -1.13. The van der Waals surface area contributed by atoms with Crippen LogP contribution >= 0.6 is 11.3 Å². The summed E-state index contributed by atoms with van der Waals surface area (Å²) in [6.45, 7) is 0.996. The standard InChI is InChI=1S/C12H15N3S/c13-9-5-8(6-9)7-15-12-10-2-4-16-11(10)1-3-14-12/h1-4,8-9H,5-7,13H2,(H,14,15). The maximum absolute atomic E-state index is 5.77. The average Bonchev–Trinajstić information content (AvgIpc) is 2.71. The Morgan fingerprint density at radius 2 is 2.31 bits per heavy atom. The number of nitrogens with zero attached hydrogens (tertiary/aromatic N) is 1. The number of hydrogen-bond acceptors (Lipinski definition) is 4. The fourth-order valence-electron chi connectivity index (χ4n) is 2.23. The van der Waals surface area contributed by atoms with Crippen LogP contribution in [0.15, 0.2) is 23.7 Å². The molecule has 2 aromatic rings. The first kappa shape index (κ1) is 10.1. The van der Waals surface area contributed by atoms with Crippen LogP contribution in [0.3, 0.4) is 0 Å². The number of pyridine rings is 1. The van der Waals surface area contributed by atoms with Crippen molar-refractivity contribution in [1.82, 2.24) is 4.98 Å². The van der Waals surface area contributed by atoms with Crippen molar-refractivity contribution >= 4 is 27.2 Å². The molecular weight excluding hydrogens is 218 g/mol. The molecule has 16 heavy (non-hydrogen) atoms. The Kier molecular flexibility index (Phi) is 2.53. The van der Waals surface area contributed by atoms with E-state index in [9.17, 15) is 0 Å². The van der Waals surface area contributed by atoms with Crippen molar-refractivity contribution in [3.8, 4) is 0 Å². The predicted molar refractivity (Wildman–Crippen MR) is 68.8 cm³/mol. The minimum atomic E-state index is 0.427. The maximum atomic E-state index is 5.77. The molecule has 0 spiro atoms. The van der Waals surface area contributed by atoms with Gasteiger partial charge in [0.1, 0.15) is 5.82 Å². The lowest BCUT2D eigenvalue weighted by Gasteiger charge is -2.32. The number of nitrogens with two attached hydrogens (primary N) is 1. The summed E-state index contributed by atoms with van der Waals surface area (Å²) in [7, 11) is 0. The number of hydrogen-bond donors (Lipinski definition) is 2. The maximum Gasteiger partial charge on any atom is 0.134 e. The summed E-state index contributed by atoms with van der Waals surface area (Å²) in [6, 6.07) is 4.61. The van der Waals surface area contributed by atoms with Gasteiger partial charge in [0.05, 0.1) is 0 Å². The van der Waals surface area contributed by atoms with Gasteiger partial charge in [0.2, 0.25) is 0 Å². The molecule has 0 aliphatic heterocycles. The van der Waals surface area contributed by atoms with Crippen molar-refractivity contribution in [3.05, 3.63) is 23.7 Å². The second-order valence-electron chi connectivity index (χ2n) is 4.47. The Morgan fingerprint density at radius 1 is 1.44 bits per heavy atom. The lowest BCUT2D eigenvalue weighted by Crippen LogP contribution is -2.39. The third-order valence-electron chi connectivity index (χ3n) is 3.21. The van der Waals surface area contributed by atoms with Gasteiger partial charge in [0.15, 0.2) is 0 Å². The molecule has 0 radical (unpaired) electrons. The summed E-state index contributed by atoms with van der Waals surface area (Å²) in [5.41, 5.74) is 5.77. The van der Waals surface area contributed by atoms with Crippen LogP contribution in [0, 0.1) is 5.92 Å². The summed E-state index contributed by atoms with van der Waals surface area (Å²) in [5, 5.41) is 6.78. The Morgan fingerprint density at radius 3 is 3.12 bits per heavy atom. The fraction of sp³-hybridized carbons (Fsp3) is 0.417. The lowest BCUT2D eigenvalue weighted by atomic mass is 9.81. The molecule has 0 atom stereocenters. The molecular formula is C12H15N3S. The Labute approximate surface area is 98.7 Å². The van der Waals surface area contributed by atoms with Crippen LogP contribution in [0.1, 0.15) is 12.8 Å². The zero-order valence-electron chi connectivity index (χ0n) is 9.02. The lowest BCUT2D eigenvalue weighted by molar-refractivity contribution is 0.280. The van der Waals surface area contributed by atoms with Crippen LogP contribution in [0.5, 0.6) is 0 Å². The highest BCUT2D eigenvalue weighted by molar-refractivity contribution is 7.17. The van der Waals surface area contributed by atoms with Gasteiger partial charge in [-0.25, -0.2) is 4.98 Å². The van der Waals surface area contributed by atoms with Crippen LogP contribution in [-0.2, 0) is 0 Å². The van der Waals surface area contributed by atoms with E-state index in [1.54, 1.807) is 11.3 Å². The zero-order valence-corrected chi connectivity index (χ0v) is 9.83. The van der Waals surface area contributed by atoms with Gasteiger partial charge >= 0.3 is 0 Å². The molecule has 0 unspecified atom stereocenters. The van der Waals surface area contributed by atoms with E-state index in [1.807, 2.05) is 6.20 Å². The van der Waals surface area contributed by atoms with Crippen LogP contribution in [0.4, 0.5) is 5.82 Å². The normalized spacial score (nSPS) is 24.3. The van der Waals surface area contributed by atoms with Gasteiger partial charge in [0, 0.05) is 28.9 Å². The van der Waals surface area contributed by atoms with Gasteiger partial charge in [-0.2, -0.15) is 0 Å². The molecule has 1 saturated carbocycles. The van der Waals surface area contributed by atoms with E-state index >= 15 is 0 Å². The van der Waals surface area contributed by atoms with E-state index in [0.717, 1.165) is 31.1 Å². The molecule has 84 valence electrons. The molecule has 3 nitrogen and oxygen atoms in total. The molecule has 0 bridgehead atoms. The number of anilines is 1. The summed E-state index contributed by atoms with van der Waals surface area (Å²) in [5.74, 6) is 1.74. The second kappa shape index (κ2) is 4.03. The fourth-order valence-corrected chi connectivity index (χ4v) is 3.01. The van der Waals surface area contributed by atoms with Gasteiger partial charge < -0.3 is 11.1 Å². The smallest absolute Gasteiger partial charge is 0.134 e. The van der Waals surface area contributed by atoms with Crippen molar-refractivity contribution < 1.29 is 0 Å². The van der Waals surface area contributed by atoms with Crippen LogP contribution < -0.4 is 11.1 Å². The molecule has 1 aliphatic carbocycles. The van der Waals surface area contributed by atoms with Gasteiger partial charge in [-0.05, 0) is 36.3 Å². The number of thiophene rings is 1. The van der Waals surface area contributed by atoms with Crippen molar-refractivity contribution in [2.75, 3.05) is 11.9 Å². The highest BCUT2D eigenvalue weighted by atomic mass is 32.1. The van der Waals surface area contributed by atoms with Crippen LogP contribution in [0.25, 0.3) is 10.1 Å². The summed E-state index contributed by atoms with van der Waals surface area (Å²) in [4.78, 5) is 4.39. The first-order valence-corrected chi connectivity index (χ1v) is 6.52. The number of fused-ring (bicyclic) bond motifs is 1. The third-order valence-corrected chi connectivity index (χ3v) is 4.09. The Bertz CT molecular complexity index is 488. The third kappa shape index (κ3) is 1.79. The predicted octanol–water partition coefficient (Wildman–Crippen LogP) is 2.45. The number of aromatic nitrogens is 1. The zero-order chi connectivity index (χ0) is 11.0. The molecule has 1 aliphatic rings. The van der Waals surface area contributed by atoms with E-state index in [4.69, 9.17) is 5.73 Å². The molecule has 3 N–H and O–H groups in total. The first-order valence-electron chi connectivity index (χ1n) is 5.64. The Balaban J connectivity index is 1.71. The molecule has 2 aromatic heterocycles. The van der Waals surface area contributed by atoms with Crippen LogP contribution in [0.2, 0.25) is 0 Å². The van der Waals surface area contributed by atoms with Crippen molar-refractivity contribution in [2.24, 2.45) is 11.7 Å². The topological polar surface area (TPSA) is 50.9 Å². The van der Waals surface area contributed by atoms with Gasteiger partial charge in [-0.1, -0.05) is 0 Å². The second-order valence-corrected chi connectivity index (χ2v) is 5.42. The molecule has 3 rings (SSSR count). The summed E-state index contributed by atoms with van der Waals surface area (Å²) in [6.07, 6.45) is 4.16. The van der Waals surface area contributed by atoms with Crippen LogP contribution in [-0.4, -0.2) is 17.6 Å². The highest BCUT2D eigenvalue weighted by Crippen LogP contribution is 2.28. The van der Waals surface area contributed by atoms with Crippen molar-refractivity contribution in [3.63, 3.8) is 0 Å². The van der Waals surface area contributed by atoms with E-state index in [-0.39, 0.29) is 0 Å². The molecule has 0 amide bonds. The summed E-state index contributed by atoms with van der Waals surface area (Å²) >= 11 is 1.76. The monoisotopic (exact) mass is 233 g/mol. The molecule has 0 saturated heterocycles. The van der Waals surface area contributed by atoms with Gasteiger partial charge in [0.25, 0.3) is 0 Å². The molecule has 0 aromatic carbocycles. The average molecular weight is 233 g/mol. The molecule has 2 heterocycles. The van der Waals surface area contributed by atoms with Crippen molar-refractivity contribution in [1.29, 1.82) is 0 Å². The van der Waals surface area contributed by atoms with Gasteiger partial charge in [-0.3, -0.25) is 0 Å². The quantitative estimate of drug-likeness (QED) is 0.856. The SMILES string of the molecule is NC1CC(CNc2nccc3sccc23)C1.